The summed E-state index contributed by atoms with van der Waals surface area (Å²) in [4.78, 5) is 26.4. The molecule has 0 N–H and O–H groups in total. The zero-order valence-electron chi connectivity index (χ0n) is 15.4. The van der Waals surface area contributed by atoms with Crippen molar-refractivity contribution in [2.24, 2.45) is 0 Å². The molecule has 1 saturated heterocycles. The lowest BCUT2D eigenvalue weighted by Gasteiger charge is -2.20. The van der Waals surface area contributed by atoms with E-state index in [1.165, 1.54) is 0 Å². The summed E-state index contributed by atoms with van der Waals surface area (Å²) in [6.07, 6.45) is 0.520. The highest BCUT2D eigenvalue weighted by atomic mass is 35.5. The summed E-state index contributed by atoms with van der Waals surface area (Å²) < 4.78 is 25.3. The minimum atomic E-state index is -3.33. The van der Waals surface area contributed by atoms with E-state index < -0.39 is 15.1 Å². The first kappa shape index (κ1) is 20.6. The second-order valence-corrected chi connectivity index (χ2v) is 9.61. The molecule has 28 heavy (non-hydrogen) atoms. The number of benzene rings is 2. The maximum atomic E-state index is 12.6. The third-order valence-electron chi connectivity index (χ3n) is 5.00. The van der Waals surface area contributed by atoms with Gasteiger partial charge in [0.2, 0.25) is 5.91 Å². The largest absolute Gasteiger partial charge is 0.342 e. The van der Waals surface area contributed by atoms with E-state index in [0.29, 0.717) is 23.6 Å². The lowest BCUT2D eigenvalue weighted by atomic mass is 10.1. The van der Waals surface area contributed by atoms with Crippen LogP contribution >= 0.6 is 11.6 Å². The number of carbonyl (C=O) groups is 2. The molecule has 1 unspecified atom stereocenters. The van der Waals surface area contributed by atoms with Crippen LogP contribution in [-0.2, 0) is 14.6 Å². The van der Waals surface area contributed by atoms with Crippen LogP contribution in [-0.4, -0.2) is 43.9 Å². The molecule has 1 heterocycles. The standard InChI is InChI=1S/C21H22ClNO4S/c22-18-8-6-16(7-9-18)19(24)10-11-21(25)23-13-12-20(28(26,27)15-14-23)17-4-2-1-3-5-17/h1-9,20H,10-15H2. The first-order valence-corrected chi connectivity index (χ1v) is 11.3. The van der Waals surface area contributed by atoms with E-state index >= 15 is 0 Å². The maximum Gasteiger partial charge on any atom is 0.223 e. The molecule has 1 atom stereocenters. The Morgan fingerprint density at radius 1 is 0.964 bits per heavy atom. The van der Waals surface area contributed by atoms with Crippen molar-refractivity contribution in [3.8, 4) is 0 Å². The third kappa shape index (κ3) is 5.00. The predicted octanol–water partition coefficient (Wildman–Crippen LogP) is 3.69. The Balaban J connectivity index is 1.61. The van der Waals surface area contributed by atoms with Gasteiger partial charge < -0.3 is 4.90 Å². The first-order chi connectivity index (χ1) is 13.4. The average molecular weight is 420 g/mol. The summed E-state index contributed by atoms with van der Waals surface area (Å²) in [5, 5.41) is -0.0476. The number of Topliss-reactive ketones (excluding diaryl/α,β-unsaturated/α-hetero) is 1. The molecule has 0 radical (unpaired) electrons. The number of nitrogens with zero attached hydrogens (tertiary/aromatic N) is 1. The van der Waals surface area contributed by atoms with Gasteiger partial charge in [-0.2, -0.15) is 0 Å². The van der Waals surface area contributed by atoms with Crippen LogP contribution in [0.5, 0.6) is 0 Å². The number of amides is 1. The number of rotatable bonds is 5. The van der Waals surface area contributed by atoms with Gasteiger partial charge in [0.15, 0.2) is 15.6 Å². The molecule has 2 aromatic carbocycles. The van der Waals surface area contributed by atoms with Crippen LogP contribution in [0.1, 0.15) is 40.4 Å². The Labute approximate surface area is 170 Å². The van der Waals surface area contributed by atoms with Gasteiger partial charge in [0, 0.05) is 36.5 Å². The molecule has 0 aromatic heterocycles. The SMILES string of the molecule is O=C(CCC(=O)N1CCC(c2ccccc2)S(=O)(=O)CC1)c1ccc(Cl)cc1. The van der Waals surface area contributed by atoms with Gasteiger partial charge in [-0.1, -0.05) is 41.9 Å². The highest BCUT2D eigenvalue weighted by Gasteiger charge is 2.32. The summed E-state index contributed by atoms with van der Waals surface area (Å²) >= 11 is 5.82. The quantitative estimate of drug-likeness (QED) is 0.693. The second kappa shape index (κ2) is 8.88. The van der Waals surface area contributed by atoms with Gasteiger partial charge in [-0.3, -0.25) is 9.59 Å². The van der Waals surface area contributed by atoms with E-state index in [2.05, 4.69) is 0 Å². The summed E-state index contributed by atoms with van der Waals surface area (Å²) in [5.41, 5.74) is 1.27. The molecule has 7 heteroatoms. The van der Waals surface area contributed by atoms with Gasteiger partial charge >= 0.3 is 0 Å². The summed E-state index contributed by atoms with van der Waals surface area (Å²) in [5.74, 6) is -0.385. The molecule has 3 rings (SSSR count). The van der Waals surface area contributed by atoms with Gasteiger partial charge in [0.1, 0.15) is 0 Å². The zero-order valence-corrected chi connectivity index (χ0v) is 17.0. The molecule has 0 saturated carbocycles. The van der Waals surface area contributed by atoms with E-state index in [1.807, 2.05) is 30.3 Å². The minimum Gasteiger partial charge on any atom is -0.342 e. The lowest BCUT2D eigenvalue weighted by Crippen LogP contribution is -2.33. The number of hydrogen-bond acceptors (Lipinski definition) is 4. The molecule has 1 aliphatic rings. The summed E-state index contributed by atoms with van der Waals surface area (Å²) in [6, 6.07) is 15.7. The first-order valence-electron chi connectivity index (χ1n) is 9.20. The molecule has 2 aromatic rings. The van der Waals surface area contributed by atoms with E-state index in [1.54, 1.807) is 29.2 Å². The molecule has 0 spiro atoms. The molecule has 1 amide bonds. The Morgan fingerprint density at radius 3 is 2.32 bits per heavy atom. The molecule has 0 aliphatic carbocycles. The zero-order chi connectivity index (χ0) is 20.1. The van der Waals surface area contributed by atoms with Crippen molar-refractivity contribution in [2.45, 2.75) is 24.5 Å². The molecule has 1 aliphatic heterocycles. The monoisotopic (exact) mass is 419 g/mol. The van der Waals surface area contributed by atoms with E-state index in [9.17, 15) is 18.0 Å². The molecule has 1 fully saturated rings. The highest BCUT2D eigenvalue weighted by Crippen LogP contribution is 2.29. The van der Waals surface area contributed by atoms with Crippen LogP contribution < -0.4 is 0 Å². The van der Waals surface area contributed by atoms with E-state index in [0.717, 1.165) is 5.56 Å². The van der Waals surface area contributed by atoms with Crippen molar-refractivity contribution in [3.63, 3.8) is 0 Å². The van der Waals surface area contributed by atoms with Crippen molar-refractivity contribution in [1.29, 1.82) is 0 Å². The van der Waals surface area contributed by atoms with Crippen molar-refractivity contribution in [1.82, 2.24) is 4.90 Å². The summed E-state index contributed by atoms with van der Waals surface area (Å²) in [7, 11) is -3.33. The topological polar surface area (TPSA) is 71.5 Å². The number of hydrogen-bond donors (Lipinski definition) is 0. The highest BCUT2D eigenvalue weighted by molar-refractivity contribution is 7.91. The molecule has 5 nitrogen and oxygen atoms in total. The summed E-state index contributed by atoms with van der Waals surface area (Å²) in [6.45, 7) is 0.534. The van der Waals surface area contributed by atoms with Crippen molar-refractivity contribution < 1.29 is 18.0 Å². The van der Waals surface area contributed by atoms with Crippen LogP contribution in [0.15, 0.2) is 54.6 Å². The van der Waals surface area contributed by atoms with Crippen molar-refractivity contribution in [2.75, 3.05) is 18.8 Å². The number of sulfone groups is 1. The smallest absolute Gasteiger partial charge is 0.223 e. The van der Waals surface area contributed by atoms with Gasteiger partial charge in [0.25, 0.3) is 0 Å². The fourth-order valence-electron chi connectivity index (χ4n) is 3.39. The van der Waals surface area contributed by atoms with Crippen LogP contribution in [0.2, 0.25) is 5.02 Å². The maximum absolute atomic E-state index is 12.6. The Kier molecular flexibility index (Phi) is 6.52. The minimum absolute atomic E-state index is 0.0660. The fourth-order valence-corrected chi connectivity index (χ4v) is 5.32. The third-order valence-corrected chi connectivity index (χ3v) is 7.38. The molecule has 148 valence electrons. The van der Waals surface area contributed by atoms with Crippen LogP contribution in [0.3, 0.4) is 0 Å². The normalized spacial score (nSPS) is 19.0. The van der Waals surface area contributed by atoms with Crippen molar-refractivity contribution >= 4 is 33.1 Å². The van der Waals surface area contributed by atoms with Crippen LogP contribution in [0.25, 0.3) is 0 Å². The van der Waals surface area contributed by atoms with Gasteiger partial charge in [-0.15, -0.1) is 0 Å². The molecular formula is C21H22ClNO4S. The average Bonchev–Trinajstić information content (AvgIpc) is 2.85. The molecular weight excluding hydrogens is 398 g/mol. The Bertz CT molecular complexity index is 942. The van der Waals surface area contributed by atoms with Crippen LogP contribution in [0.4, 0.5) is 0 Å². The Hall–Kier alpha value is -2.18. The van der Waals surface area contributed by atoms with Gasteiger partial charge in [-0.05, 0) is 36.2 Å². The molecule has 0 bridgehead atoms. The predicted molar refractivity (Wildman–Crippen MR) is 109 cm³/mol. The number of ketones is 1. The number of halogens is 1. The lowest BCUT2D eigenvalue weighted by molar-refractivity contribution is -0.130. The van der Waals surface area contributed by atoms with Gasteiger partial charge in [0.05, 0.1) is 11.0 Å². The van der Waals surface area contributed by atoms with Crippen LogP contribution in [0, 0.1) is 0 Å². The van der Waals surface area contributed by atoms with Gasteiger partial charge in [-0.25, -0.2) is 8.42 Å². The van der Waals surface area contributed by atoms with E-state index in [4.69, 9.17) is 11.6 Å². The fraction of sp³-hybridized carbons (Fsp3) is 0.333. The number of carbonyl (C=O) groups excluding carboxylic acids is 2. The van der Waals surface area contributed by atoms with E-state index in [-0.39, 0.29) is 36.8 Å². The second-order valence-electron chi connectivity index (χ2n) is 6.87. The Morgan fingerprint density at radius 2 is 1.64 bits per heavy atom. The van der Waals surface area contributed by atoms with Crippen molar-refractivity contribution in [3.05, 3.63) is 70.7 Å².